The van der Waals surface area contributed by atoms with E-state index in [0.29, 0.717) is 19.3 Å². The molecule has 0 aliphatic rings. The highest BCUT2D eigenvalue weighted by Gasteiger charge is 2.28. The Morgan fingerprint density at radius 2 is 0.737 bits per heavy atom. The van der Waals surface area contributed by atoms with E-state index >= 15 is 0 Å². The molecular weight excluding hydrogens is 976 g/mol. The topological polar surface area (TPSA) is 155 Å². The first-order chi connectivity index (χ1) is 37.2. The Balaban J connectivity index is 4.87. The number of carbonyl (C=O) groups excluding carboxylic acids is 3. The zero-order chi connectivity index (χ0) is 55.5. The quantitative estimate of drug-likeness (QED) is 0.0197. The first-order valence-electron chi connectivity index (χ1n) is 29.4. The molecule has 76 heavy (non-hydrogen) atoms. The third-order valence-corrected chi connectivity index (χ3v) is 12.8. The molecule has 0 saturated heterocycles. The molecule has 0 saturated carbocycles. The Kier molecular flexibility index (Phi) is 54.0. The van der Waals surface area contributed by atoms with Crippen LogP contribution in [0.2, 0.25) is 0 Å². The zero-order valence-electron chi connectivity index (χ0n) is 47.7. The second kappa shape index (κ2) is 57.1. The Morgan fingerprint density at radius 1 is 0.382 bits per heavy atom. The molecule has 3 atom stereocenters. The summed E-state index contributed by atoms with van der Waals surface area (Å²) in [6.07, 6.45) is 70.2. The smallest absolute Gasteiger partial charge is 0.462 e. The number of aliphatic hydroxyl groups is 1. The number of carbonyl (C=O) groups is 3. The third kappa shape index (κ3) is 54.7. The summed E-state index contributed by atoms with van der Waals surface area (Å²) < 4.78 is 39.4. The summed E-state index contributed by atoms with van der Waals surface area (Å²) in [7, 11) is -4.78. The Bertz CT molecular complexity index is 1740. The Labute approximate surface area is 462 Å². The fourth-order valence-corrected chi connectivity index (χ4v) is 8.17. The van der Waals surface area contributed by atoms with Gasteiger partial charge in [0, 0.05) is 19.3 Å². The lowest BCUT2D eigenvalue weighted by atomic mass is 10.1. The molecule has 0 aromatic carbocycles. The number of rotatable bonds is 53. The second-order valence-electron chi connectivity index (χ2n) is 19.1. The first-order valence-corrected chi connectivity index (χ1v) is 30.9. The molecule has 0 aromatic heterocycles. The van der Waals surface area contributed by atoms with E-state index in [1.54, 1.807) is 0 Å². The van der Waals surface area contributed by atoms with Crippen LogP contribution in [0.1, 0.15) is 226 Å². The van der Waals surface area contributed by atoms with Crippen molar-refractivity contribution in [1.82, 2.24) is 0 Å². The van der Waals surface area contributed by atoms with E-state index in [0.717, 1.165) is 135 Å². The van der Waals surface area contributed by atoms with Crippen LogP contribution in [-0.4, -0.2) is 66.5 Å². The predicted molar refractivity (Wildman–Crippen MR) is 316 cm³/mol. The van der Waals surface area contributed by atoms with Crippen LogP contribution in [0.3, 0.4) is 0 Å². The van der Waals surface area contributed by atoms with Gasteiger partial charge in [-0.1, -0.05) is 213 Å². The number of hydrogen-bond acceptors (Lipinski definition) is 10. The normalized spacial score (nSPS) is 14.2. The number of ether oxygens (including phenoxy) is 3. The predicted octanol–water partition coefficient (Wildman–Crippen LogP) is 17.6. The first kappa shape index (κ1) is 71.9. The van der Waals surface area contributed by atoms with Crippen molar-refractivity contribution in [3.63, 3.8) is 0 Å². The van der Waals surface area contributed by atoms with Crippen molar-refractivity contribution in [3.8, 4) is 0 Å². The van der Waals surface area contributed by atoms with Gasteiger partial charge in [0.25, 0.3) is 0 Å². The molecule has 12 heteroatoms. The van der Waals surface area contributed by atoms with Crippen molar-refractivity contribution >= 4 is 25.7 Å². The van der Waals surface area contributed by atoms with Gasteiger partial charge in [0.2, 0.25) is 0 Å². The van der Waals surface area contributed by atoms with Crippen LogP contribution in [0.15, 0.2) is 122 Å². The number of unbranched alkanes of at least 4 members (excludes halogenated alkanes) is 16. The summed E-state index contributed by atoms with van der Waals surface area (Å²) >= 11 is 0. The highest BCUT2D eigenvalue weighted by Crippen LogP contribution is 2.43. The van der Waals surface area contributed by atoms with Crippen molar-refractivity contribution in [2.75, 3.05) is 26.4 Å². The van der Waals surface area contributed by atoms with E-state index in [2.05, 4.69) is 130 Å². The summed E-state index contributed by atoms with van der Waals surface area (Å²) in [5.74, 6) is -1.60. The van der Waals surface area contributed by atoms with Crippen LogP contribution in [0, 0.1) is 0 Å². The van der Waals surface area contributed by atoms with Crippen molar-refractivity contribution < 1.29 is 52.2 Å². The summed E-state index contributed by atoms with van der Waals surface area (Å²) in [6.45, 7) is 4.32. The molecule has 0 spiro atoms. The van der Waals surface area contributed by atoms with Gasteiger partial charge in [-0.2, -0.15) is 0 Å². The summed E-state index contributed by atoms with van der Waals surface area (Å²) in [6, 6.07) is 0. The molecule has 0 aliphatic carbocycles. The van der Waals surface area contributed by atoms with E-state index in [1.807, 2.05) is 12.2 Å². The van der Waals surface area contributed by atoms with Crippen molar-refractivity contribution in [3.05, 3.63) is 122 Å². The zero-order valence-corrected chi connectivity index (χ0v) is 48.6. The number of hydrogen-bond donors (Lipinski definition) is 2. The van der Waals surface area contributed by atoms with Gasteiger partial charge >= 0.3 is 25.7 Å². The van der Waals surface area contributed by atoms with E-state index in [1.165, 1.54) is 32.1 Å². The minimum Gasteiger partial charge on any atom is -0.462 e. The van der Waals surface area contributed by atoms with Gasteiger partial charge in [0.05, 0.1) is 19.8 Å². The maximum Gasteiger partial charge on any atom is 0.472 e. The van der Waals surface area contributed by atoms with Crippen molar-refractivity contribution in [2.45, 2.75) is 238 Å². The second-order valence-corrected chi connectivity index (χ2v) is 20.5. The van der Waals surface area contributed by atoms with Gasteiger partial charge in [0.1, 0.15) is 12.7 Å². The highest BCUT2D eigenvalue weighted by atomic mass is 31.2. The number of phosphoric acid groups is 1. The maximum absolute atomic E-state index is 12.9. The summed E-state index contributed by atoms with van der Waals surface area (Å²) in [4.78, 5) is 48.5. The van der Waals surface area contributed by atoms with Crippen molar-refractivity contribution in [1.29, 1.82) is 0 Å². The molecule has 0 bridgehead atoms. The molecule has 2 N–H and O–H groups in total. The SMILES string of the molecule is CC/C=C\C/C=C\C/C=C\C/C=C\C/C=C\C/C=C\CCC(=O)OCC(COP(=O)(O)OCC(CO)OC(=O)CCCCCCC/C=C\C/C=C\CCC)OC(=O)CCCCCCCCC/C=C\C/C=C\CCCCC. The number of aliphatic hydroxyl groups excluding tert-OH is 1. The lowest BCUT2D eigenvalue weighted by molar-refractivity contribution is -0.161. The average molecular weight is 1080 g/mol. The van der Waals surface area contributed by atoms with Gasteiger partial charge in [0.15, 0.2) is 6.10 Å². The monoisotopic (exact) mass is 1080 g/mol. The van der Waals surface area contributed by atoms with Gasteiger partial charge in [-0.15, -0.1) is 0 Å². The average Bonchev–Trinajstić information content (AvgIpc) is 3.41. The van der Waals surface area contributed by atoms with Gasteiger partial charge in [-0.05, 0) is 116 Å². The standard InChI is InChI=1S/C64H105O11P/c1-4-7-10-13-16-19-22-25-27-29-30-32-33-36-38-41-44-47-50-53-62(66)71-57-61(75-64(68)55-52-49-46-43-40-37-34-31-28-26-23-20-17-14-11-8-5-2)59-73-76(69,70)72-58-60(56-65)74-63(67)54-51-48-45-42-39-35-24-21-18-15-12-9-6-3/h7,10,12,15-17,19-21,24-28,30,32,36,38,44,47,60-61,65H,4-6,8-9,11,13-14,18,22-23,29,31,33-35,37,39-43,45-46,48-59H2,1-3H3,(H,69,70)/b10-7-,15-12-,19-16-,20-17-,24-21-,27-25-,28-26-,32-30-,38-36-,47-44-. The fourth-order valence-electron chi connectivity index (χ4n) is 7.39. The highest BCUT2D eigenvalue weighted by molar-refractivity contribution is 7.47. The van der Waals surface area contributed by atoms with Gasteiger partial charge < -0.3 is 24.2 Å². The number of phosphoric ester groups is 1. The minimum absolute atomic E-state index is 0.0929. The number of esters is 3. The fraction of sp³-hybridized carbons (Fsp3) is 0.641. The minimum atomic E-state index is -4.78. The Hall–Kier alpha value is -4.12. The van der Waals surface area contributed by atoms with Gasteiger partial charge in [-0.25, -0.2) is 4.57 Å². The molecule has 0 aromatic rings. The molecule has 3 unspecified atom stereocenters. The van der Waals surface area contributed by atoms with Gasteiger partial charge in [-0.3, -0.25) is 23.4 Å². The molecule has 432 valence electrons. The molecule has 0 aliphatic heterocycles. The third-order valence-electron chi connectivity index (χ3n) is 11.8. The molecule has 0 radical (unpaired) electrons. The van der Waals surface area contributed by atoms with Crippen LogP contribution in [0.25, 0.3) is 0 Å². The molecule has 0 rings (SSSR count). The van der Waals surface area contributed by atoms with Crippen LogP contribution in [0.4, 0.5) is 0 Å². The van der Waals surface area contributed by atoms with E-state index in [4.69, 9.17) is 23.3 Å². The summed E-state index contributed by atoms with van der Waals surface area (Å²) in [5.41, 5.74) is 0. The molecule has 11 nitrogen and oxygen atoms in total. The molecular formula is C64H105O11P. The van der Waals surface area contributed by atoms with Crippen LogP contribution < -0.4 is 0 Å². The Morgan fingerprint density at radius 3 is 1.16 bits per heavy atom. The lowest BCUT2D eigenvalue weighted by Gasteiger charge is -2.21. The molecule has 0 fully saturated rings. The van der Waals surface area contributed by atoms with Crippen LogP contribution in [-0.2, 0) is 42.2 Å². The largest absolute Gasteiger partial charge is 0.472 e. The van der Waals surface area contributed by atoms with E-state index in [-0.39, 0.29) is 25.9 Å². The van der Waals surface area contributed by atoms with E-state index in [9.17, 15) is 28.9 Å². The lowest BCUT2D eigenvalue weighted by Crippen LogP contribution is -2.30. The van der Waals surface area contributed by atoms with Crippen molar-refractivity contribution in [2.24, 2.45) is 0 Å². The van der Waals surface area contributed by atoms with E-state index < -0.39 is 57.8 Å². The molecule has 0 heterocycles. The summed E-state index contributed by atoms with van der Waals surface area (Å²) in [5, 5.41) is 9.81. The van der Waals surface area contributed by atoms with Crippen LogP contribution in [0.5, 0.6) is 0 Å². The maximum atomic E-state index is 12.9. The molecule has 0 amide bonds. The van der Waals surface area contributed by atoms with Crippen LogP contribution >= 0.6 is 7.82 Å². The number of allylic oxidation sites excluding steroid dienone is 20.